The van der Waals surface area contributed by atoms with Gasteiger partial charge in [0.25, 0.3) is 0 Å². The fourth-order valence-electron chi connectivity index (χ4n) is 9.45. The van der Waals surface area contributed by atoms with Gasteiger partial charge in [-0.3, -0.25) is 23.4 Å². The van der Waals surface area contributed by atoms with Crippen LogP contribution < -0.4 is 0 Å². The molecule has 0 spiro atoms. The van der Waals surface area contributed by atoms with Crippen LogP contribution in [0.2, 0.25) is 0 Å². The van der Waals surface area contributed by atoms with Crippen molar-refractivity contribution in [2.24, 2.45) is 0 Å². The van der Waals surface area contributed by atoms with Crippen LogP contribution in [0.1, 0.15) is 329 Å². The number of allylic oxidation sites excluding steroid dienone is 4. The molecule has 0 aromatic heterocycles. The molecule has 0 saturated heterocycles. The van der Waals surface area contributed by atoms with Crippen molar-refractivity contribution in [3.05, 3.63) is 24.3 Å². The van der Waals surface area contributed by atoms with Crippen molar-refractivity contribution < 1.29 is 52.2 Å². The molecule has 0 aliphatic heterocycles. The van der Waals surface area contributed by atoms with E-state index in [9.17, 15) is 28.9 Å². The minimum absolute atomic E-state index is 0.172. The zero-order chi connectivity index (χ0) is 55.5. The molecule has 0 fully saturated rings. The lowest BCUT2D eigenvalue weighted by Gasteiger charge is -2.21. The Morgan fingerprint density at radius 3 is 1.00 bits per heavy atom. The minimum atomic E-state index is -4.75. The third kappa shape index (κ3) is 56.7. The number of hydrogen-bond acceptors (Lipinski definition) is 10. The number of esters is 3. The molecule has 76 heavy (non-hydrogen) atoms. The first-order chi connectivity index (χ1) is 37.2. The van der Waals surface area contributed by atoms with Gasteiger partial charge in [-0.2, -0.15) is 0 Å². The highest BCUT2D eigenvalue weighted by atomic mass is 31.2. The average Bonchev–Trinajstić information content (AvgIpc) is 3.41. The maximum Gasteiger partial charge on any atom is 0.472 e. The van der Waals surface area contributed by atoms with Crippen LogP contribution in [0.15, 0.2) is 24.3 Å². The number of aliphatic hydroxyl groups is 1. The summed E-state index contributed by atoms with van der Waals surface area (Å²) in [7, 11) is -4.75. The summed E-state index contributed by atoms with van der Waals surface area (Å²) in [5, 5.41) is 9.85. The van der Waals surface area contributed by atoms with E-state index in [1.54, 1.807) is 0 Å². The molecule has 12 heteroatoms. The number of phosphoric acid groups is 1. The molecule has 0 rings (SSSR count). The van der Waals surface area contributed by atoms with Gasteiger partial charge in [0.05, 0.1) is 19.8 Å². The van der Waals surface area contributed by atoms with Crippen molar-refractivity contribution in [3.8, 4) is 0 Å². The van der Waals surface area contributed by atoms with Gasteiger partial charge in [-0.1, -0.05) is 283 Å². The zero-order valence-electron chi connectivity index (χ0n) is 49.7. The first-order valence-electron chi connectivity index (χ1n) is 32.2. The lowest BCUT2D eigenvalue weighted by atomic mass is 10.0. The maximum atomic E-state index is 12.9. The highest BCUT2D eigenvalue weighted by Gasteiger charge is 2.28. The Hall–Kier alpha value is -2.04. The number of rotatable bonds is 61. The summed E-state index contributed by atoms with van der Waals surface area (Å²) in [5.74, 6) is -1.45. The molecule has 0 aliphatic carbocycles. The van der Waals surface area contributed by atoms with Crippen molar-refractivity contribution in [1.82, 2.24) is 0 Å². The smallest absolute Gasteiger partial charge is 0.462 e. The fraction of sp³-hybridized carbons (Fsp3) is 0.891. The van der Waals surface area contributed by atoms with Gasteiger partial charge >= 0.3 is 25.7 Å². The summed E-state index contributed by atoms with van der Waals surface area (Å²) in [6, 6.07) is 0. The minimum Gasteiger partial charge on any atom is -0.462 e. The monoisotopic (exact) mass is 1100 g/mol. The lowest BCUT2D eigenvalue weighted by Crippen LogP contribution is -2.30. The number of aliphatic hydroxyl groups excluding tert-OH is 1. The van der Waals surface area contributed by atoms with Crippen LogP contribution in [0.5, 0.6) is 0 Å². The topological polar surface area (TPSA) is 155 Å². The Labute approximate surface area is 468 Å². The third-order valence-corrected chi connectivity index (χ3v) is 15.3. The molecular weight excluding hydrogens is 976 g/mol. The Kier molecular flexibility index (Phi) is 57.5. The molecular formula is C64H121O11P. The Morgan fingerprint density at radius 2 is 0.645 bits per heavy atom. The Bertz CT molecular complexity index is 1370. The van der Waals surface area contributed by atoms with E-state index in [1.165, 1.54) is 186 Å². The molecule has 0 saturated carbocycles. The summed E-state index contributed by atoms with van der Waals surface area (Å²) in [4.78, 5) is 48.7. The Morgan fingerprint density at radius 1 is 0.368 bits per heavy atom. The average molecular weight is 1100 g/mol. The number of hydrogen-bond donors (Lipinski definition) is 2. The van der Waals surface area contributed by atoms with Gasteiger partial charge in [0.1, 0.15) is 12.7 Å². The first-order valence-corrected chi connectivity index (χ1v) is 33.7. The van der Waals surface area contributed by atoms with Gasteiger partial charge in [-0.25, -0.2) is 4.57 Å². The second-order valence-corrected chi connectivity index (χ2v) is 23.4. The summed E-state index contributed by atoms with van der Waals surface area (Å²) in [5.41, 5.74) is 0. The Balaban J connectivity index is 4.64. The third-order valence-electron chi connectivity index (χ3n) is 14.4. The van der Waals surface area contributed by atoms with Crippen molar-refractivity contribution >= 4 is 25.7 Å². The predicted octanol–water partition coefficient (Wildman–Crippen LogP) is 19.4. The van der Waals surface area contributed by atoms with Crippen LogP contribution >= 0.6 is 7.82 Å². The zero-order valence-corrected chi connectivity index (χ0v) is 50.6. The second-order valence-electron chi connectivity index (χ2n) is 21.9. The van der Waals surface area contributed by atoms with E-state index >= 15 is 0 Å². The van der Waals surface area contributed by atoms with Crippen molar-refractivity contribution in [2.45, 2.75) is 341 Å². The largest absolute Gasteiger partial charge is 0.472 e. The predicted molar refractivity (Wildman–Crippen MR) is 316 cm³/mol. The van der Waals surface area contributed by atoms with E-state index in [2.05, 4.69) is 45.1 Å². The molecule has 0 radical (unpaired) electrons. The molecule has 0 bridgehead atoms. The highest BCUT2D eigenvalue weighted by Crippen LogP contribution is 2.43. The number of ether oxygens (including phenoxy) is 3. The normalized spacial score (nSPS) is 13.4. The standard InChI is InChI=1S/C64H121O11P/c1-4-7-10-13-16-19-22-25-28-30-33-36-39-42-45-48-51-54-63(67)74-60(56-65)58-72-76(69,70)73-59-61(57-71-62(66)53-50-47-44-41-38-35-32-27-24-21-18-15-12-9-6-3)75-64(68)55-52-49-46-43-40-37-34-31-29-26-23-20-17-14-11-8-5-2/h18,21,27,32,60-61,65H,4-17,19-20,22-26,28-31,33-59H2,1-3H3,(H,69,70)/b21-18-,32-27-. The van der Waals surface area contributed by atoms with Gasteiger partial charge in [-0.05, 0) is 51.4 Å². The molecule has 3 atom stereocenters. The van der Waals surface area contributed by atoms with E-state index in [-0.39, 0.29) is 25.9 Å². The van der Waals surface area contributed by atoms with Gasteiger partial charge in [-0.15, -0.1) is 0 Å². The van der Waals surface area contributed by atoms with E-state index in [1.807, 2.05) is 0 Å². The number of carbonyl (C=O) groups excluding carboxylic acids is 3. The first kappa shape index (κ1) is 74.0. The van der Waals surface area contributed by atoms with Gasteiger partial charge in [0.2, 0.25) is 0 Å². The molecule has 0 aromatic rings. The van der Waals surface area contributed by atoms with Crippen LogP contribution in [0, 0.1) is 0 Å². The van der Waals surface area contributed by atoms with Crippen LogP contribution in [0.3, 0.4) is 0 Å². The quantitative estimate of drug-likeness (QED) is 0.0197. The molecule has 0 amide bonds. The van der Waals surface area contributed by atoms with Crippen LogP contribution in [0.25, 0.3) is 0 Å². The van der Waals surface area contributed by atoms with Crippen molar-refractivity contribution in [3.63, 3.8) is 0 Å². The van der Waals surface area contributed by atoms with E-state index in [0.717, 1.165) is 83.5 Å². The summed E-state index contributed by atoms with van der Waals surface area (Å²) in [6.45, 7) is 4.69. The van der Waals surface area contributed by atoms with Crippen molar-refractivity contribution in [2.75, 3.05) is 26.4 Å². The SMILES string of the molecule is CCCCC/C=C\C/C=C\CCCCCCCC(=O)OCC(COP(=O)(O)OCC(CO)OC(=O)CCCCCCCCCCCCCCCCCCC)OC(=O)CCCCCCCCCCCCCCCCCCC. The van der Waals surface area contributed by atoms with E-state index in [0.29, 0.717) is 19.3 Å². The van der Waals surface area contributed by atoms with Crippen LogP contribution in [0.4, 0.5) is 0 Å². The van der Waals surface area contributed by atoms with Gasteiger partial charge in [0, 0.05) is 19.3 Å². The second kappa shape index (κ2) is 59.1. The van der Waals surface area contributed by atoms with Crippen LogP contribution in [-0.2, 0) is 42.2 Å². The van der Waals surface area contributed by atoms with Gasteiger partial charge < -0.3 is 24.2 Å². The molecule has 0 aliphatic rings. The van der Waals surface area contributed by atoms with Gasteiger partial charge in [0.15, 0.2) is 6.10 Å². The maximum absolute atomic E-state index is 12.9. The molecule has 3 unspecified atom stereocenters. The number of carbonyl (C=O) groups is 3. The molecule has 448 valence electrons. The van der Waals surface area contributed by atoms with E-state index < -0.39 is 57.8 Å². The molecule has 0 heterocycles. The summed E-state index contributed by atoms with van der Waals surface area (Å²) < 4.78 is 39.7. The summed E-state index contributed by atoms with van der Waals surface area (Å²) >= 11 is 0. The fourth-order valence-corrected chi connectivity index (χ4v) is 10.2. The highest BCUT2D eigenvalue weighted by molar-refractivity contribution is 7.47. The van der Waals surface area contributed by atoms with Crippen molar-refractivity contribution in [1.29, 1.82) is 0 Å². The van der Waals surface area contributed by atoms with Crippen LogP contribution in [-0.4, -0.2) is 66.5 Å². The number of unbranched alkanes of at least 4 members (excludes halogenated alkanes) is 40. The molecule has 11 nitrogen and oxygen atoms in total. The molecule has 2 N–H and O–H groups in total. The van der Waals surface area contributed by atoms with E-state index in [4.69, 9.17) is 23.3 Å². The number of phosphoric ester groups is 1. The summed E-state index contributed by atoms with van der Waals surface area (Å²) in [6.07, 6.45) is 61.2. The lowest BCUT2D eigenvalue weighted by molar-refractivity contribution is -0.161. The molecule has 0 aromatic carbocycles.